The Morgan fingerprint density at radius 1 is 1.44 bits per heavy atom. The Hall–Kier alpha value is -0.870. The molecule has 1 rings (SSSR count). The highest BCUT2D eigenvalue weighted by atomic mass is 16.5. The van der Waals surface area contributed by atoms with Crippen LogP contribution in [0.25, 0.3) is 0 Å². The molecule has 1 aromatic heterocycles. The van der Waals surface area contributed by atoms with E-state index in [1.807, 2.05) is 6.92 Å². The summed E-state index contributed by atoms with van der Waals surface area (Å²) in [6, 6.07) is 2.14. The van der Waals surface area contributed by atoms with Crippen molar-refractivity contribution in [1.29, 1.82) is 0 Å². The highest BCUT2D eigenvalue weighted by Gasteiger charge is 2.02. The zero-order chi connectivity index (χ0) is 11.8. The molecule has 0 aliphatic carbocycles. The standard InChI is InChI=1S/C12H23N3O/c1-4-15-12(9-11(2)14-15)10-13-7-5-6-8-16-3/h9,13H,4-8,10H2,1-3H3. The van der Waals surface area contributed by atoms with Crippen LogP contribution in [0.5, 0.6) is 0 Å². The number of methoxy groups -OCH3 is 1. The zero-order valence-electron chi connectivity index (χ0n) is 10.6. The molecule has 1 heterocycles. The summed E-state index contributed by atoms with van der Waals surface area (Å²) in [5.74, 6) is 0. The number of hydrogen-bond donors (Lipinski definition) is 1. The van der Waals surface area contributed by atoms with Crippen LogP contribution in [0.4, 0.5) is 0 Å². The molecule has 0 bridgehead atoms. The van der Waals surface area contributed by atoms with Crippen molar-refractivity contribution < 1.29 is 4.74 Å². The number of unbranched alkanes of at least 4 members (excludes halogenated alkanes) is 1. The topological polar surface area (TPSA) is 39.1 Å². The van der Waals surface area contributed by atoms with E-state index in [2.05, 4.69) is 28.1 Å². The number of aromatic nitrogens is 2. The lowest BCUT2D eigenvalue weighted by molar-refractivity contribution is 0.192. The van der Waals surface area contributed by atoms with Gasteiger partial charge in [0.2, 0.25) is 0 Å². The van der Waals surface area contributed by atoms with Crippen molar-refractivity contribution in [3.05, 3.63) is 17.5 Å². The fraction of sp³-hybridized carbons (Fsp3) is 0.750. The molecule has 0 aliphatic heterocycles. The number of nitrogens with zero attached hydrogens (tertiary/aromatic N) is 2. The van der Waals surface area contributed by atoms with Crippen molar-refractivity contribution >= 4 is 0 Å². The summed E-state index contributed by atoms with van der Waals surface area (Å²) in [7, 11) is 1.75. The lowest BCUT2D eigenvalue weighted by Crippen LogP contribution is -2.18. The van der Waals surface area contributed by atoms with Gasteiger partial charge in [0.25, 0.3) is 0 Å². The monoisotopic (exact) mass is 225 g/mol. The molecule has 0 fully saturated rings. The van der Waals surface area contributed by atoms with Crippen molar-refractivity contribution in [3.8, 4) is 0 Å². The molecule has 0 radical (unpaired) electrons. The van der Waals surface area contributed by atoms with Gasteiger partial charge in [0.15, 0.2) is 0 Å². The van der Waals surface area contributed by atoms with Crippen LogP contribution in [0, 0.1) is 6.92 Å². The largest absolute Gasteiger partial charge is 0.385 e. The van der Waals surface area contributed by atoms with Crippen molar-refractivity contribution in [2.45, 2.75) is 39.8 Å². The van der Waals surface area contributed by atoms with Gasteiger partial charge in [-0.2, -0.15) is 5.10 Å². The normalized spacial score (nSPS) is 10.9. The average Bonchev–Trinajstić information content (AvgIpc) is 2.64. The Bertz CT molecular complexity index is 296. The van der Waals surface area contributed by atoms with Crippen molar-refractivity contribution in [2.24, 2.45) is 0 Å². The lowest BCUT2D eigenvalue weighted by Gasteiger charge is -2.06. The molecular weight excluding hydrogens is 202 g/mol. The molecule has 0 aromatic carbocycles. The predicted octanol–water partition coefficient (Wildman–Crippen LogP) is 1.73. The molecule has 4 heteroatoms. The van der Waals surface area contributed by atoms with Gasteiger partial charge >= 0.3 is 0 Å². The van der Waals surface area contributed by atoms with E-state index in [0.29, 0.717) is 0 Å². The van der Waals surface area contributed by atoms with Gasteiger partial charge in [-0.05, 0) is 39.3 Å². The maximum atomic E-state index is 5.00. The van der Waals surface area contributed by atoms with Crippen LogP contribution in [0.15, 0.2) is 6.07 Å². The molecule has 4 nitrogen and oxygen atoms in total. The quantitative estimate of drug-likeness (QED) is 0.685. The third kappa shape index (κ3) is 4.33. The Balaban J connectivity index is 2.21. The molecule has 0 aliphatic rings. The predicted molar refractivity (Wildman–Crippen MR) is 65.5 cm³/mol. The molecule has 0 atom stereocenters. The van der Waals surface area contributed by atoms with Gasteiger partial charge in [-0.1, -0.05) is 0 Å². The van der Waals surface area contributed by atoms with E-state index in [1.165, 1.54) is 5.69 Å². The second-order valence-electron chi connectivity index (χ2n) is 3.97. The Labute approximate surface area is 98.0 Å². The first-order valence-corrected chi connectivity index (χ1v) is 6.01. The van der Waals surface area contributed by atoms with Crippen LogP contribution >= 0.6 is 0 Å². The molecule has 0 saturated carbocycles. The molecule has 92 valence electrons. The van der Waals surface area contributed by atoms with Gasteiger partial charge in [0, 0.05) is 26.8 Å². The molecule has 16 heavy (non-hydrogen) atoms. The highest BCUT2D eigenvalue weighted by Crippen LogP contribution is 2.03. The second-order valence-corrected chi connectivity index (χ2v) is 3.97. The summed E-state index contributed by atoms with van der Waals surface area (Å²) in [6.07, 6.45) is 2.28. The van der Waals surface area contributed by atoms with Crippen LogP contribution in [0.1, 0.15) is 31.2 Å². The number of rotatable bonds is 8. The lowest BCUT2D eigenvalue weighted by atomic mass is 10.3. The molecule has 0 unspecified atom stereocenters. The van der Waals surface area contributed by atoms with Crippen molar-refractivity contribution in [1.82, 2.24) is 15.1 Å². The van der Waals surface area contributed by atoms with E-state index in [1.54, 1.807) is 7.11 Å². The van der Waals surface area contributed by atoms with Crippen LogP contribution in [0.3, 0.4) is 0 Å². The molecule has 0 spiro atoms. The minimum absolute atomic E-state index is 0.855. The highest BCUT2D eigenvalue weighted by molar-refractivity contribution is 5.08. The van der Waals surface area contributed by atoms with Gasteiger partial charge in [0.1, 0.15) is 0 Å². The number of ether oxygens (including phenoxy) is 1. The van der Waals surface area contributed by atoms with Crippen LogP contribution in [-0.2, 0) is 17.8 Å². The van der Waals surface area contributed by atoms with E-state index in [4.69, 9.17) is 4.74 Å². The van der Waals surface area contributed by atoms with Crippen molar-refractivity contribution in [2.75, 3.05) is 20.3 Å². The summed E-state index contributed by atoms with van der Waals surface area (Å²) in [5.41, 5.74) is 2.37. The Kier molecular flexibility index (Phi) is 6.11. The Morgan fingerprint density at radius 2 is 2.25 bits per heavy atom. The summed E-state index contributed by atoms with van der Waals surface area (Å²) in [4.78, 5) is 0. The zero-order valence-corrected chi connectivity index (χ0v) is 10.6. The van der Waals surface area contributed by atoms with Gasteiger partial charge in [0.05, 0.1) is 11.4 Å². The molecular formula is C12H23N3O. The first-order chi connectivity index (χ1) is 7.77. The first kappa shape index (κ1) is 13.2. The van der Waals surface area contributed by atoms with Gasteiger partial charge in [-0.15, -0.1) is 0 Å². The van der Waals surface area contributed by atoms with Gasteiger partial charge < -0.3 is 10.1 Å². The summed E-state index contributed by atoms with van der Waals surface area (Å²) >= 11 is 0. The third-order valence-electron chi connectivity index (χ3n) is 2.54. The second kappa shape index (κ2) is 7.41. The van der Waals surface area contributed by atoms with Gasteiger partial charge in [-0.25, -0.2) is 0 Å². The van der Waals surface area contributed by atoms with Gasteiger partial charge in [-0.3, -0.25) is 4.68 Å². The van der Waals surface area contributed by atoms with Crippen LogP contribution in [-0.4, -0.2) is 30.0 Å². The summed E-state index contributed by atoms with van der Waals surface area (Å²) in [6.45, 7) is 7.89. The SMILES string of the molecule is CCn1nc(C)cc1CNCCCCOC. The fourth-order valence-corrected chi connectivity index (χ4v) is 1.73. The summed E-state index contributed by atoms with van der Waals surface area (Å²) in [5, 5.41) is 7.85. The number of aryl methyl sites for hydroxylation is 2. The molecule has 1 aromatic rings. The minimum Gasteiger partial charge on any atom is -0.385 e. The smallest absolute Gasteiger partial charge is 0.0597 e. The van der Waals surface area contributed by atoms with Crippen molar-refractivity contribution in [3.63, 3.8) is 0 Å². The van der Waals surface area contributed by atoms with E-state index in [9.17, 15) is 0 Å². The Morgan fingerprint density at radius 3 is 2.94 bits per heavy atom. The maximum Gasteiger partial charge on any atom is 0.0597 e. The number of nitrogens with one attached hydrogen (secondary N) is 1. The summed E-state index contributed by atoms with van der Waals surface area (Å²) < 4.78 is 7.06. The van der Waals surface area contributed by atoms with E-state index < -0.39 is 0 Å². The fourth-order valence-electron chi connectivity index (χ4n) is 1.73. The average molecular weight is 225 g/mol. The van der Waals surface area contributed by atoms with Crippen LogP contribution in [0.2, 0.25) is 0 Å². The molecule has 0 saturated heterocycles. The van der Waals surface area contributed by atoms with Crippen LogP contribution < -0.4 is 5.32 Å². The maximum absolute atomic E-state index is 5.00. The number of hydrogen-bond acceptors (Lipinski definition) is 3. The first-order valence-electron chi connectivity index (χ1n) is 6.01. The third-order valence-corrected chi connectivity index (χ3v) is 2.54. The van der Waals surface area contributed by atoms with E-state index in [0.717, 1.165) is 44.8 Å². The minimum atomic E-state index is 0.855. The van der Waals surface area contributed by atoms with E-state index in [-0.39, 0.29) is 0 Å². The van der Waals surface area contributed by atoms with E-state index >= 15 is 0 Å². The molecule has 0 amide bonds. The molecule has 1 N–H and O–H groups in total.